The first kappa shape index (κ1) is 17.9. The molecule has 28 heavy (non-hydrogen) atoms. The van der Waals surface area contributed by atoms with Gasteiger partial charge in [-0.05, 0) is 54.6 Å². The van der Waals surface area contributed by atoms with E-state index in [1.165, 1.54) is 6.20 Å². The number of nitrogens with one attached hydrogen (secondary N) is 1. The molecule has 0 saturated heterocycles. The summed E-state index contributed by atoms with van der Waals surface area (Å²) < 4.78 is 8.52. The van der Waals surface area contributed by atoms with Crippen molar-refractivity contribution < 1.29 is 9.53 Å². The molecule has 2 heterocycles. The zero-order chi connectivity index (χ0) is 19.3. The van der Waals surface area contributed by atoms with Gasteiger partial charge in [0.05, 0.1) is 11.9 Å². The molecule has 0 aliphatic carbocycles. The van der Waals surface area contributed by atoms with Crippen LogP contribution in [0.25, 0.3) is 5.69 Å². The van der Waals surface area contributed by atoms with Crippen LogP contribution in [-0.2, 0) is 0 Å². The van der Waals surface area contributed by atoms with Crippen LogP contribution in [0.4, 0.5) is 5.69 Å². The summed E-state index contributed by atoms with van der Waals surface area (Å²) in [5, 5.41) is 2.86. The number of ether oxygens (including phenoxy) is 1. The number of carbonyl (C=O) groups excluding carboxylic acids is 1. The second-order valence-electron chi connectivity index (χ2n) is 5.91. The molecular weight excluding hydrogens is 420 g/mol. The van der Waals surface area contributed by atoms with Crippen LogP contribution in [0.5, 0.6) is 11.6 Å². The molecular formula is C21H15BrN4O2. The first-order chi connectivity index (χ1) is 13.7. The summed E-state index contributed by atoms with van der Waals surface area (Å²) in [4.78, 5) is 20.6. The highest BCUT2D eigenvalue weighted by Crippen LogP contribution is 2.22. The van der Waals surface area contributed by atoms with Gasteiger partial charge in [-0.2, -0.15) is 0 Å². The second-order valence-corrected chi connectivity index (χ2v) is 6.83. The van der Waals surface area contributed by atoms with Crippen molar-refractivity contribution in [3.05, 3.63) is 95.6 Å². The van der Waals surface area contributed by atoms with E-state index in [0.29, 0.717) is 22.9 Å². The van der Waals surface area contributed by atoms with Crippen molar-refractivity contribution in [2.45, 2.75) is 0 Å². The molecule has 1 amide bonds. The number of hydrogen-bond acceptors (Lipinski definition) is 4. The molecule has 0 atom stereocenters. The lowest BCUT2D eigenvalue weighted by atomic mass is 10.2. The number of pyridine rings is 1. The Bertz CT molecular complexity index is 1060. The number of aromatic nitrogens is 3. The molecule has 6 nitrogen and oxygen atoms in total. The van der Waals surface area contributed by atoms with Crippen LogP contribution >= 0.6 is 15.9 Å². The average molecular weight is 435 g/mol. The fourth-order valence-electron chi connectivity index (χ4n) is 2.53. The topological polar surface area (TPSA) is 69.0 Å². The summed E-state index contributed by atoms with van der Waals surface area (Å²) in [5.74, 6) is 0.854. The highest BCUT2D eigenvalue weighted by Gasteiger charge is 2.08. The number of hydrogen-bond donors (Lipinski definition) is 1. The lowest BCUT2D eigenvalue weighted by Crippen LogP contribution is -2.12. The van der Waals surface area contributed by atoms with E-state index in [0.717, 1.165) is 10.2 Å². The second kappa shape index (κ2) is 8.06. The van der Waals surface area contributed by atoms with Crippen LogP contribution in [0.15, 0.2) is 90.1 Å². The number of carbonyl (C=O) groups is 1. The summed E-state index contributed by atoms with van der Waals surface area (Å²) in [7, 11) is 0. The molecule has 1 N–H and O–H groups in total. The van der Waals surface area contributed by atoms with Gasteiger partial charge >= 0.3 is 0 Å². The van der Waals surface area contributed by atoms with E-state index >= 15 is 0 Å². The number of benzene rings is 2. The maximum absolute atomic E-state index is 12.4. The van der Waals surface area contributed by atoms with Crippen LogP contribution in [0.2, 0.25) is 0 Å². The van der Waals surface area contributed by atoms with Gasteiger partial charge in [0.25, 0.3) is 5.91 Å². The molecule has 0 fully saturated rings. The predicted octanol–water partition coefficient (Wildman–Crippen LogP) is 5.07. The van der Waals surface area contributed by atoms with Crippen molar-refractivity contribution in [2.24, 2.45) is 0 Å². The normalized spacial score (nSPS) is 10.5. The van der Waals surface area contributed by atoms with Gasteiger partial charge in [0, 0.05) is 40.5 Å². The number of rotatable bonds is 5. The molecule has 0 bridgehead atoms. The average Bonchev–Trinajstić information content (AvgIpc) is 3.26. The van der Waals surface area contributed by atoms with E-state index in [1.807, 2.05) is 59.3 Å². The third kappa shape index (κ3) is 4.27. The summed E-state index contributed by atoms with van der Waals surface area (Å²) in [6.45, 7) is 0. The molecule has 0 spiro atoms. The van der Waals surface area contributed by atoms with E-state index in [1.54, 1.807) is 24.7 Å². The van der Waals surface area contributed by atoms with E-state index in [-0.39, 0.29) is 5.91 Å². The molecule has 0 aliphatic rings. The van der Waals surface area contributed by atoms with Crippen LogP contribution in [0.1, 0.15) is 10.4 Å². The monoisotopic (exact) mass is 434 g/mol. The molecule has 0 unspecified atom stereocenters. The van der Waals surface area contributed by atoms with Gasteiger partial charge in [-0.15, -0.1) is 0 Å². The Balaban J connectivity index is 1.40. The molecule has 138 valence electrons. The summed E-state index contributed by atoms with van der Waals surface area (Å²) in [6, 6.07) is 18.3. The molecule has 0 aliphatic heterocycles. The van der Waals surface area contributed by atoms with Crippen molar-refractivity contribution >= 4 is 27.5 Å². The highest BCUT2D eigenvalue weighted by atomic mass is 79.9. The predicted molar refractivity (Wildman–Crippen MR) is 110 cm³/mol. The third-order valence-corrected chi connectivity index (χ3v) is 4.49. The molecule has 2 aromatic carbocycles. The Morgan fingerprint density at radius 1 is 1.00 bits per heavy atom. The number of anilines is 1. The van der Waals surface area contributed by atoms with Crippen LogP contribution in [-0.4, -0.2) is 20.4 Å². The maximum atomic E-state index is 12.4. The van der Waals surface area contributed by atoms with Crippen molar-refractivity contribution in [2.75, 3.05) is 5.32 Å². The minimum Gasteiger partial charge on any atom is -0.439 e. The van der Waals surface area contributed by atoms with Gasteiger partial charge in [-0.25, -0.2) is 9.97 Å². The van der Waals surface area contributed by atoms with E-state index in [9.17, 15) is 4.79 Å². The lowest BCUT2D eigenvalue weighted by Gasteiger charge is -2.08. The molecule has 4 rings (SSSR count). The van der Waals surface area contributed by atoms with Gasteiger partial charge in [-0.1, -0.05) is 15.9 Å². The largest absolute Gasteiger partial charge is 0.439 e. The maximum Gasteiger partial charge on any atom is 0.257 e. The summed E-state index contributed by atoms with van der Waals surface area (Å²) >= 11 is 3.38. The number of halogens is 1. The fourth-order valence-corrected chi connectivity index (χ4v) is 2.79. The molecule has 0 radical (unpaired) electrons. The molecule has 0 saturated carbocycles. The number of amides is 1. The smallest absolute Gasteiger partial charge is 0.257 e. The van der Waals surface area contributed by atoms with Crippen molar-refractivity contribution in [3.63, 3.8) is 0 Å². The Kier molecular flexibility index (Phi) is 5.16. The third-order valence-electron chi connectivity index (χ3n) is 3.96. The van der Waals surface area contributed by atoms with E-state index in [4.69, 9.17) is 4.74 Å². The summed E-state index contributed by atoms with van der Waals surface area (Å²) in [6.07, 6.45) is 6.78. The molecule has 7 heteroatoms. The van der Waals surface area contributed by atoms with Crippen LogP contribution in [0.3, 0.4) is 0 Å². The van der Waals surface area contributed by atoms with Gasteiger partial charge in [0.15, 0.2) is 0 Å². The Hall–Kier alpha value is -3.45. The highest BCUT2D eigenvalue weighted by molar-refractivity contribution is 9.10. The van der Waals surface area contributed by atoms with Crippen molar-refractivity contribution in [1.82, 2.24) is 14.5 Å². The Morgan fingerprint density at radius 3 is 2.43 bits per heavy atom. The van der Waals surface area contributed by atoms with Crippen LogP contribution in [0, 0.1) is 0 Å². The zero-order valence-corrected chi connectivity index (χ0v) is 16.2. The molecule has 4 aromatic rings. The fraction of sp³-hybridized carbons (Fsp3) is 0. The first-order valence-corrected chi connectivity index (χ1v) is 9.26. The lowest BCUT2D eigenvalue weighted by molar-refractivity contribution is 0.102. The van der Waals surface area contributed by atoms with E-state index in [2.05, 4.69) is 31.2 Å². The Morgan fingerprint density at radius 2 is 1.79 bits per heavy atom. The van der Waals surface area contributed by atoms with Crippen molar-refractivity contribution in [3.8, 4) is 17.3 Å². The van der Waals surface area contributed by atoms with Gasteiger partial charge in [-0.3, -0.25) is 4.79 Å². The zero-order valence-electron chi connectivity index (χ0n) is 14.6. The number of nitrogens with zero attached hydrogens (tertiary/aromatic N) is 3. The summed E-state index contributed by atoms with van der Waals surface area (Å²) in [5.41, 5.74) is 2.11. The van der Waals surface area contributed by atoms with E-state index < -0.39 is 0 Å². The Labute approximate surface area is 170 Å². The minimum atomic E-state index is -0.238. The van der Waals surface area contributed by atoms with Gasteiger partial charge in [0.1, 0.15) is 5.75 Å². The van der Waals surface area contributed by atoms with Crippen molar-refractivity contribution in [1.29, 1.82) is 0 Å². The van der Waals surface area contributed by atoms with Gasteiger partial charge in [0.2, 0.25) is 5.88 Å². The SMILES string of the molecule is O=C(Nc1ccc(-n2ccnc2)cc1)c1ccc(Oc2ccc(Br)cc2)nc1. The minimum absolute atomic E-state index is 0.238. The quantitative estimate of drug-likeness (QED) is 0.475. The van der Waals surface area contributed by atoms with Crippen LogP contribution < -0.4 is 10.1 Å². The standard InChI is InChI=1S/C21H15BrN4O2/c22-16-2-8-19(9-3-16)28-20-10-1-15(13-24-20)21(27)25-17-4-6-18(7-5-17)26-12-11-23-14-26/h1-14H,(H,25,27). The number of imidazole rings is 1. The van der Waals surface area contributed by atoms with Gasteiger partial charge < -0.3 is 14.6 Å². The molecule has 2 aromatic heterocycles. The first-order valence-electron chi connectivity index (χ1n) is 8.46.